The Kier molecular flexibility index (Phi) is 6.41. The molecule has 7 heteroatoms. The standard InChI is InChI=1S/C16H29N5O2/c1-12(21-9-13(2)23-14(3)10-21)7-18-16(22)17-6-5-15-8-19-20(4)11-15/h8,11-14H,5-7,9-10H2,1-4H3,(H2,17,18,22)/t12-,13-,14+/m0/s1. The summed E-state index contributed by atoms with van der Waals surface area (Å²) in [5, 5.41) is 9.94. The minimum atomic E-state index is -0.116. The topological polar surface area (TPSA) is 71.4 Å². The number of aryl methyl sites for hydroxylation is 1. The van der Waals surface area contributed by atoms with Crippen LogP contribution in [-0.4, -0.2) is 65.1 Å². The summed E-state index contributed by atoms with van der Waals surface area (Å²) in [5.41, 5.74) is 1.12. The molecule has 3 atom stereocenters. The number of rotatable bonds is 6. The maximum Gasteiger partial charge on any atom is 0.314 e. The van der Waals surface area contributed by atoms with E-state index in [4.69, 9.17) is 4.74 Å². The first kappa shape index (κ1) is 17.7. The summed E-state index contributed by atoms with van der Waals surface area (Å²) < 4.78 is 7.51. The number of carbonyl (C=O) groups is 1. The van der Waals surface area contributed by atoms with Crippen molar-refractivity contribution in [3.8, 4) is 0 Å². The molecule has 0 bridgehead atoms. The van der Waals surface area contributed by atoms with Gasteiger partial charge in [0.25, 0.3) is 0 Å². The van der Waals surface area contributed by atoms with Crippen LogP contribution in [0.4, 0.5) is 4.79 Å². The lowest BCUT2D eigenvalue weighted by Crippen LogP contribution is -2.53. The monoisotopic (exact) mass is 323 g/mol. The van der Waals surface area contributed by atoms with Crippen LogP contribution in [0.3, 0.4) is 0 Å². The van der Waals surface area contributed by atoms with Gasteiger partial charge in [-0.15, -0.1) is 0 Å². The number of ether oxygens (including phenoxy) is 1. The lowest BCUT2D eigenvalue weighted by Gasteiger charge is -2.38. The molecule has 0 unspecified atom stereocenters. The van der Waals surface area contributed by atoms with Crippen molar-refractivity contribution in [1.82, 2.24) is 25.3 Å². The van der Waals surface area contributed by atoms with Crippen LogP contribution in [0.25, 0.3) is 0 Å². The fourth-order valence-electron chi connectivity index (χ4n) is 2.93. The molecule has 1 aromatic heterocycles. The average Bonchev–Trinajstić information content (AvgIpc) is 2.89. The molecule has 7 nitrogen and oxygen atoms in total. The van der Waals surface area contributed by atoms with Crippen molar-refractivity contribution in [3.63, 3.8) is 0 Å². The molecule has 0 aliphatic carbocycles. The molecule has 0 spiro atoms. The number of urea groups is 1. The number of hydrogen-bond donors (Lipinski definition) is 2. The number of morpholine rings is 1. The Bertz CT molecular complexity index is 494. The molecule has 2 rings (SSSR count). The van der Waals surface area contributed by atoms with Crippen LogP contribution in [0, 0.1) is 0 Å². The Morgan fingerprint density at radius 1 is 1.39 bits per heavy atom. The van der Waals surface area contributed by atoms with E-state index in [-0.39, 0.29) is 18.2 Å². The second kappa shape index (κ2) is 8.31. The zero-order chi connectivity index (χ0) is 16.8. The van der Waals surface area contributed by atoms with Gasteiger partial charge in [-0.25, -0.2) is 4.79 Å². The molecule has 2 amide bonds. The number of hydrogen-bond acceptors (Lipinski definition) is 4. The second-order valence-corrected chi connectivity index (χ2v) is 6.47. The van der Waals surface area contributed by atoms with Gasteiger partial charge in [0.2, 0.25) is 0 Å². The van der Waals surface area contributed by atoms with E-state index in [2.05, 4.69) is 41.4 Å². The Hall–Kier alpha value is -1.60. The molecule has 1 aliphatic heterocycles. The summed E-state index contributed by atoms with van der Waals surface area (Å²) in [5.74, 6) is 0. The number of aromatic nitrogens is 2. The second-order valence-electron chi connectivity index (χ2n) is 6.47. The summed E-state index contributed by atoms with van der Waals surface area (Å²) in [6.07, 6.45) is 5.06. The maximum absolute atomic E-state index is 11.9. The van der Waals surface area contributed by atoms with Gasteiger partial charge < -0.3 is 15.4 Å². The highest BCUT2D eigenvalue weighted by atomic mass is 16.5. The van der Waals surface area contributed by atoms with Crippen molar-refractivity contribution in [2.24, 2.45) is 7.05 Å². The highest BCUT2D eigenvalue weighted by Gasteiger charge is 2.25. The normalized spacial score (nSPS) is 23.5. The Morgan fingerprint density at radius 2 is 2.09 bits per heavy atom. The van der Waals surface area contributed by atoms with Gasteiger partial charge in [0.15, 0.2) is 0 Å². The Labute approximate surface area is 138 Å². The quantitative estimate of drug-likeness (QED) is 0.811. The SMILES string of the molecule is C[C@@H]1CN([C@@H](C)CNC(=O)NCCc2cnn(C)c2)C[C@H](C)O1. The van der Waals surface area contributed by atoms with Gasteiger partial charge in [-0.3, -0.25) is 9.58 Å². The molecule has 0 radical (unpaired) electrons. The molecular weight excluding hydrogens is 294 g/mol. The molecule has 1 aromatic rings. The first-order chi connectivity index (χ1) is 10.9. The van der Waals surface area contributed by atoms with Crippen LogP contribution in [0.15, 0.2) is 12.4 Å². The minimum absolute atomic E-state index is 0.116. The van der Waals surface area contributed by atoms with E-state index in [1.165, 1.54) is 0 Å². The Morgan fingerprint density at radius 3 is 2.70 bits per heavy atom. The zero-order valence-electron chi connectivity index (χ0n) is 14.6. The van der Waals surface area contributed by atoms with Crippen molar-refractivity contribution < 1.29 is 9.53 Å². The lowest BCUT2D eigenvalue weighted by molar-refractivity contribution is -0.0778. The van der Waals surface area contributed by atoms with Gasteiger partial charge in [-0.05, 0) is 32.8 Å². The van der Waals surface area contributed by atoms with E-state index in [0.29, 0.717) is 19.1 Å². The van der Waals surface area contributed by atoms with E-state index in [9.17, 15) is 4.79 Å². The summed E-state index contributed by atoms with van der Waals surface area (Å²) in [6, 6.07) is 0.183. The van der Waals surface area contributed by atoms with E-state index < -0.39 is 0 Å². The highest BCUT2D eigenvalue weighted by molar-refractivity contribution is 5.73. The van der Waals surface area contributed by atoms with Crippen molar-refractivity contribution >= 4 is 6.03 Å². The van der Waals surface area contributed by atoms with Crippen LogP contribution >= 0.6 is 0 Å². The zero-order valence-corrected chi connectivity index (χ0v) is 14.6. The minimum Gasteiger partial charge on any atom is -0.373 e. The predicted molar refractivity (Wildman–Crippen MR) is 89.4 cm³/mol. The number of amides is 2. The summed E-state index contributed by atoms with van der Waals surface area (Å²) in [7, 11) is 1.89. The molecule has 1 fully saturated rings. The molecule has 2 N–H and O–H groups in total. The van der Waals surface area contributed by atoms with Gasteiger partial charge in [-0.2, -0.15) is 5.10 Å². The maximum atomic E-state index is 11.9. The van der Waals surface area contributed by atoms with Crippen LogP contribution < -0.4 is 10.6 Å². The van der Waals surface area contributed by atoms with Gasteiger partial charge in [0.1, 0.15) is 0 Å². The third kappa shape index (κ3) is 5.84. The molecule has 23 heavy (non-hydrogen) atoms. The summed E-state index contributed by atoms with van der Waals surface area (Å²) in [4.78, 5) is 14.2. The Balaban J connectivity index is 1.63. The van der Waals surface area contributed by atoms with Crippen molar-refractivity contribution in [1.29, 1.82) is 0 Å². The molecule has 130 valence electrons. The van der Waals surface area contributed by atoms with Crippen molar-refractivity contribution in [2.75, 3.05) is 26.2 Å². The van der Waals surface area contributed by atoms with Gasteiger partial charge in [-0.1, -0.05) is 0 Å². The van der Waals surface area contributed by atoms with E-state index in [1.54, 1.807) is 4.68 Å². The number of nitrogens with one attached hydrogen (secondary N) is 2. The number of carbonyl (C=O) groups excluding carboxylic acids is 1. The molecule has 2 heterocycles. The van der Waals surface area contributed by atoms with E-state index in [1.807, 2.05) is 19.4 Å². The largest absolute Gasteiger partial charge is 0.373 e. The fourth-order valence-corrected chi connectivity index (χ4v) is 2.93. The third-order valence-electron chi connectivity index (χ3n) is 4.09. The van der Waals surface area contributed by atoms with Gasteiger partial charge in [0.05, 0.1) is 18.4 Å². The molecule has 1 aliphatic rings. The van der Waals surface area contributed by atoms with E-state index >= 15 is 0 Å². The molecule has 1 saturated heterocycles. The van der Waals surface area contributed by atoms with Crippen molar-refractivity contribution in [3.05, 3.63) is 18.0 Å². The molecule has 0 saturated carbocycles. The fraction of sp³-hybridized carbons (Fsp3) is 0.750. The van der Waals surface area contributed by atoms with Gasteiger partial charge >= 0.3 is 6.03 Å². The summed E-state index contributed by atoms with van der Waals surface area (Å²) >= 11 is 0. The first-order valence-corrected chi connectivity index (χ1v) is 8.32. The number of nitrogens with zero attached hydrogens (tertiary/aromatic N) is 3. The highest BCUT2D eigenvalue weighted by Crippen LogP contribution is 2.13. The van der Waals surface area contributed by atoms with Crippen LogP contribution in [0.1, 0.15) is 26.3 Å². The molecular formula is C16H29N5O2. The first-order valence-electron chi connectivity index (χ1n) is 8.32. The lowest BCUT2D eigenvalue weighted by atomic mass is 10.2. The average molecular weight is 323 g/mol. The van der Waals surface area contributed by atoms with Gasteiger partial charge in [0, 0.05) is 45.5 Å². The smallest absolute Gasteiger partial charge is 0.314 e. The van der Waals surface area contributed by atoms with Crippen molar-refractivity contribution in [2.45, 2.75) is 45.4 Å². The van der Waals surface area contributed by atoms with Crippen LogP contribution in [-0.2, 0) is 18.2 Å². The molecule has 0 aromatic carbocycles. The van der Waals surface area contributed by atoms with Crippen LogP contribution in [0.5, 0.6) is 0 Å². The predicted octanol–water partition coefficient (Wildman–Crippen LogP) is 0.760. The summed E-state index contributed by atoms with van der Waals surface area (Å²) in [6.45, 7) is 9.39. The van der Waals surface area contributed by atoms with E-state index in [0.717, 1.165) is 25.1 Å². The van der Waals surface area contributed by atoms with Crippen LogP contribution in [0.2, 0.25) is 0 Å². The third-order valence-corrected chi connectivity index (χ3v) is 4.09.